The van der Waals surface area contributed by atoms with Gasteiger partial charge in [-0.2, -0.15) is 0 Å². The number of imidazole rings is 1. The van der Waals surface area contributed by atoms with Gasteiger partial charge in [-0.3, -0.25) is 4.79 Å². The van der Waals surface area contributed by atoms with E-state index in [2.05, 4.69) is 28.5 Å². The highest BCUT2D eigenvalue weighted by Gasteiger charge is 2.65. The van der Waals surface area contributed by atoms with Gasteiger partial charge in [-0.25, -0.2) is 23.1 Å². The van der Waals surface area contributed by atoms with E-state index < -0.39 is 15.4 Å². The number of nitrogens with zero attached hydrogens (tertiary/aromatic N) is 3. The second-order valence-electron chi connectivity index (χ2n) is 9.54. The number of rotatable bonds is 6. The molecular formula is C21H31N5O3S. The van der Waals surface area contributed by atoms with Gasteiger partial charge in [0.25, 0.3) is 0 Å². The largest absolute Gasteiger partial charge is 0.382 e. The zero-order valence-electron chi connectivity index (χ0n) is 18.4. The summed E-state index contributed by atoms with van der Waals surface area (Å²) < 4.78 is 30.6. The lowest BCUT2D eigenvalue weighted by molar-refractivity contribution is -0.128. The molecule has 2 fully saturated rings. The Morgan fingerprint density at radius 3 is 2.53 bits per heavy atom. The number of sulfonamides is 1. The molecule has 164 valence electrons. The van der Waals surface area contributed by atoms with Crippen LogP contribution in [0.25, 0.3) is 11.0 Å². The van der Waals surface area contributed by atoms with E-state index in [1.165, 1.54) is 0 Å². The fraction of sp³-hybridized carbons (Fsp3) is 0.667. The molecule has 0 aromatic carbocycles. The third-order valence-corrected chi connectivity index (χ3v) is 9.34. The SMILES string of the molecule is Cc1nc(N)c2nc(C)n(CCNS(=O)(=O)C[C@]34CC[C@H](CC3=O)C4(C)C)c2c1C. The number of nitrogens with two attached hydrogens (primary N) is 1. The number of anilines is 1. The molecule has 0 amide bonds. The molecule has 0 radical (unpaired) electrons. The quantitative estimate of drug-likeness (QED) is 0.721. The molecule has 0 saturated heterocycles. The van der Waals surface area contributed by atoms with E-state index in [9.17, 15) is 13.2 Å². The zero-order valence-corrected chi connectivity index (χ0v) is 19.2. The van der Waals surface area contributed by atoms with Gasteiger partial charge in [0, 0.05) is 30.6 Å². The molecule has 0 aliphatic heterocycles. The number of pyridine rings is 1. The van der Waals surface area contributed by atoms with Crippen LogP contribution in [-0.4, -0.2) is 41.0 Å². The standard InChI is InChI=1S/C21H31N5O3S/c1-12-13(2)24-19(22)17-18(12)26(14(3)25-17)9-8-23-30(28,29)11-21-7-6-15(10-16(21)27)20(21,4)5/h15,23H,6-11H2,1-5H3,(H2,22,24)/t15-,21-/m1/s1. The van der Waals surface area contributed by atoms with Crippen LogP contribution in [0.15, 0.2) is 0 Å². The predicted octanol–water partition coefficient (Wildman–Crippen LogP) is 2.25. The Balaban J connectivity index is 1.52. The third-order valence-electron chi connectivity index (χ3n) is 7.82. The minimum Gasteiger partial charge on any atom is -0.382 e. The minimum atomic E-state index is -3.60. The lowest BCUT2D eigenvalue weighted by Gasteiger charge is -2.36. The number of fused-ring (bicyclic) bond motifs is 3. The van der Waals surface area contributed by atoms with E-state index in [1.807, 2.05) is 25.3 Å². The smallest absolute Gasteiger partial charge is 0.212 e. The van der Waals surface area contributed by atoms with Crippen LogP contribution in [0.3, 0.4) is 0 Å². The average molecular weight is 434 g/mol. The van der Waals surface area contributed by atoms with Crippen LogP contribution in [0.5, 0.6) is 0 Å². The lowest BCUT2D eigenvalue weighted by Crippen LogP contribution is -2.45. The number of hydrogen-bond donors (Lipinski definition) is 2. The minimum absolute atomic E-state index is 0.111. The number of hydrogen-bond acceptors (Lipinski definition) is 6. The van der Waals surface area contributed by atoms with Crippen LogP contribution in [-0.2, 0) is 21.4 Å². The average Bonchev–Trinajstić information content (AvgIpc) is 3.15. The topological polar surface area (TPSA) is 120 Å². The van der Waals surface area contributed by atoms with Crippen molar-refractivity contribution in [3.05, 3.63) is 17.1 Å². The molecule has 2 aliphatic rings. The fourth-order valence-corrected chi connectivity index (χ4v) is 7.51. The van der Waals surface area contributed by atoms with Gasteiger partial charge in [0.1, 0.15) is 17.1 Å². The van der Waals surface area contributed by atoms with E-state index in [4.69, 9.17) is 5.73 Å². The van der Waals surface area contributed by atoms with Gasteiger partial charge in [0.2, 0.25) is 10.0 Å². The Morgan fingerprint density at radius 2 is 1.93 bits per heavy atom. The van der Waals surface area contributed by atoms with Crippen LogP contribution >= 0.6 is 0 Å². The van der Waals surface area contributed by atoms with Crippen molar-refractivity contribution in [2.45, 2.75) is 60.4 Å². The molecule has 4 rings (SSSR count). The van der Waals surface area contributed by atoms with E-state index in [-0.39, 0.29) is 23.5 Å². The van der Waals surface area contributed by atoms with Gasteiger partial charge >= 0.3 is 0 Å². The highest BCUT2D eigenvalue weighted by atomic mass is 32.2. The first-order valence-corrected chi connectivity index (χ1v) is 12.1. The van der Waals surface area contributed by atoms with Crippen LogP contribution < -0.4 is 10.5 Å². The van der Waals surface area contributed by atoms with Gasteiger partial charge in [0.15, 0.2) is 5.82 Å². The summed E-state index contributed by atoms with van der Waals surface area (Å²) in [5.41, 5.74) is 8.37. The van der Waals surface area contributed by atoms with Gasteiger partial charge in [0.05, 0.1) is 11.3 Å². The summed E-state index contributed by atoms with van der Waals surface area (Å²) >= 11 is 0. The second kappa shape index (κ2) is 6.75. The maximum absolute atomic E-state index is 12.9. The first-order valence-electron chi connectivity index (χ1n) is 10.5. The molecule has 3 N–H and O–H groups in total. The van der Waals surface area contributed by atoms with Crippen molar-refractivity contribution in [3.8, 4) is 0 Å². The van der Waals surface area contributed by atoms with Crippen molar-refractivity contribution < 1.29 is 13.2 Å². The Bertz CT molecular complexity index is 1150. The molecule has 30 heavy (non-hydrogen) atoms. The van der Waals surface area contributed by atoms with E-state index in [1.54, 1.807) is 0 Å². The molecule has 2 bridgehead atoms. The lowest BCUT2D eigenvalue weighted by atomic mass is 9.70. The van der Waals surface area contributed by atoms with Crippen molar-refractivity contribution in [2.24, 2.45) is 16.7 Å². The predicted molar refractivity (Wildman–Crippen MR) is 117 cm³/mol. The Hall–Kier alpha value is -2.00. The Kier molecular flexibility index (Phi) is 4.78. The summed E-state index contributed by atoms with van der Waals surface area (Å²) in [6, 6.07) is 0. The molecule has 0 spiro atoms. The summed E-state index contributed by atoms with van der Waals surface area (Å²) in [6.45, 7) is 10.5. The van der Waals surface area contributed by atoms with Crippen LogP contribution in [0.4, 0.5) is 5.82 Å². The van der Waals surface area contributed by atoms with Gasteiger partial charge in [-0.05, 0) is 50.5 Å². The molecule has 2 aliphatic carbocycles. The van der Waals surface area contributed by atoms with E-state index in [0.717, 1.165) is 29.0 Å². The van der Waals surface area contributed by atoms with Crippen molar-refractivity contribution in [2.75, 3.05) is 18.0 Å². The summed E-state index contributed by atoms with van der Waals surface area (Å²) in [5.74, 6) is 1.43. The van der Waals surface area contributed by atoms with Crippen molar-refractivity contribution in [3.63, 3.8) is 0 Å². The zero-order chi connectivity index (χ0) is 22.1. The van der Waals surface area contributed by atoms with Crippen LogP contribution in [0, 0.1) is 37.5 Å². The van der Waals surface area contributed by atoms with E-state index >= 15 is 0 Å². The van der Waals surface area contributed by atoms with E-state index in [0.29, 0.717) is 36.6 Å². The second-order valence-corrected chi connectivity index (χ2v) is 11.3. The van der Waals surface area contributed by atoms with Gasteiger partial charge < -0.3 is 10.3 Å². The molecule has 2 aromatic rings. The Morgan fingerprint density at radius 1 is 1.23 bits per heavy atom. The number of nitrogens with one attached hydrogen (secondary N) is 1. The Labute approximate surface area is 177 Å². The maximum Gasteiger partial charge on any atom is 0.212 e. The molecule has 2 atom stereocenters. The summed E-state index contributed by atoms with van der Waals surface area (Å²) in [6.07, 6.45) is 2.11. The molecular weight excluding hydrogens is 402 g/mol. The molecule has 8 nitrogen and oxygen atoms in total. The fourth-order valence-electron chi connectivity index (χ4n) is 5.68. The number of Topliss-reactive ketones (excluding diaryl/α,β-unsaturated/α-hetero) is 1. The van der Waals surface area contributed by atoms with Gasteiger partial charge in [-0.15, -0.1) is 0 Å². The number of carbonyl (C=O) groups excluding carboxylic acids is 1. The van der Waals surface area contributed by atoms with Crippen molar-refractivity contribution in [1.29, 1.82) is 0 Å². The molecule has 2 aromatic heterocycles. The summed E-state index contributed by atoms with van der Waals surface area (Å²) in [7, 11) is -3.60. The number of ketones is 1. The number of aromatic nitrogens is 3. The molecule has 9 heteroatoms. The highest BCUT2D eigenvalue weighted by Crippen LogP contribution is 2.64. The maximum atomic E-state index is 12.9. The molecule has 0 unspecified atom stereocenters. The number of aryl methyl sites for hydroxylation is 3. The van der Waals surface area contributed by atoms with Gasteiger partial charge in [-0.1, -0.05) is 13.8 Å². The van der Waals surface area contributed by atoms with Crippen molar-refractivity contribution >= 4 is 32.7 Å². The highest BCUT2D eigenvalue weighted by molar-refractivity contribution is 7.89. The number of carbonyl (C=O) groups is 1. The monoisotopic (exact) mass is 433 g/mol. The molecule has 2 heterocycles. The van der Waals surface area contributed by atoms with Crippen LogP contribution in [0.2, 0.25) is 0 Å². The number of nitrogen functional groups attached to an aromatic ring is 1. The first kappa shape index (κ1) is 21.2. The summed E-state index contributed by atoms with van der Waals surface area (Å²) in [4.78, 5) is 21.5. The first-order chi connectivity index (χ1) is 13.9. The van der Waals surface area contributed by atoms with Crippen LogP contribution in [0.1, 0.15) is 50.2 Å². The van der Waals surface area contributed by atoms with Crippen molar-refractivity contribution in [1.82, 2.24) is 19.3 Å². The third kappa shape index (κ3) is 2.97. The molecule has 2 saturated carbocycles. The normalized spacial score (nSPS) is 25.5. The summed E-state index contributed by atoms with van der Waals surface area (Å²) in [5, 5.41) is 0.